The van der Waals surface area contributed by atoms with Gasteiger partial charge in [0.05, 0.1) is 18.7 Å². The van der Waals surface area contributed by atoms with Crippen LogP contribution in [0.4, 0.5) is 0 Å². The van der Waals surface area contributed by atoms with Gasteiger partial charge in [0.15, 0.2) is 11.5 Å². The number of hydrogen-bond donors (Lipinski definition) is 0. The SMILES string of the molecule is COc1cc(C#N)ccc1Oc1ccc(C)cc1CBr. The van der Waals surface area contributed by atoms with Crippen molar-refractivity contribution in [3.05, 3.63) is 53.1 Å². The second-order valence-electron chi connectivity index (χ2n) is 4.32. The Bertz CT molecular complexity index is 662. The van der Waals surface area contributed by atoms with Crippen molar-refractivity contribution in [2.45, 2.75) is 12.3 Å². The summed E-state index contributed by atoms with van der Waals surface area (Å²) in [5.41, 5.74) is 2.79. The summed E-state index contributed by atoms with van der Waals surface area (Å²) in [6.45, 7) is 2.04. The summed E-state index contributed by atoms with van der Waals surface area (Å²) >= 11 is 3.46. The molecule has 0 aromatic heterocycles. The first-order valence-corrected chi connectivity index (χ1v) is 7.21. The first-order chi connectivity index (χ1) is 9.67. The molecule has 0 aliphatic rings. The number of rotatable bonds is 4. The summed E-state index contributed by atoms with van der Waals surface area (Å²) < 4.78 is 11.2. The van der Waals surface area contributed by atoms with Crippen molar-refractivity contribution >= 4 is 15.9 Å². The van der Waals surface area contributed by atoms with E-state index in [0.29, 0.717) is 22.4 Å². The minimum Gasteiger partial charge on any atom is -0.493 e. The van der Waals surface area contributed by atoms with Gasteiger partial charge in [-0.05, 0) is 25.1 Å². The number of nitrogens with zero attached hydrogens (tertiary/aromatic N) is 1. The highest BCUT2D eigenvalue weighted by Crippen LogP contribution is 2.34. The van der Waals surface area contributed by atoms with Crippen molar-refractivity contribution in [2.24, 2.45) is 0 Å². The van der Waals surface area contributed by atoms with Crippen LogP contribution >= 0.6 is 15.9 Å². The quantitative estimate of drug-likeness (QED) is 0.771. The predicted molar refractivity (Wildman–Crippen MR) is 81.6 cm³/mol. The first-order valence-electron chi connectivity index (χ1n) is 6.09. The van der Waals surface area contributed by atoms with Crippen molar-refractivity contribution in [1.29, 1.82) is 5.26 Å². The highest BCUT2D eigenvalue weighted by atomic mass is 79.9. The van der Waals surface area contributed by atoms with Gasteiger partial charge < -0.3 is 9.47 Å². The molecule has 0 bridgehead atoms. The number of alkyl halides is 1. The molecule has 0 atom stereocenters. The lowest BCUT2D eigenvalue weighted by Crippen LogP contribution is -1.94. The molecule has 0 saturated carbocycles. The standard InChI is InChI=1S/C16H14BrNO2/c1-11-3-5-14(13(7-11)9-17)20-15-6-4-12(10-18)8-16(15)19-2/h3-8H,9H2,1-2H3. The predicted octanol–water partition coefficient (Wildman–Crippen LogP) is 4.56. The maximum absolute atomic E-state index is 8.90. The molecule has 20 heavy (non-hydrogen) atoms. The van der Waals surface area contributed by atoms with Crippen LogP contribution in [0.1, 0.15) is 16.7 Å². The average molecular weight is 332 g/mol. The molecule has 0 fully saturated rings. The lowest BCUT2D eigenvalue weighted by molar-refractivity contribution is 0.378. The minimum absolute atomic E-state index is 0.541. The van der Waals surface area contributed by atoms with Gasteiger partial charge in [-0.15, -0.1) is 0 Å². The molecule has 2 aromatic carbocycles. The molecular formula is C16H14BrNO2. The van der Waals surface area contributed by atoms with E-state index in [0.717, 1.165) is 11.3 Å². The second kappa shape index (κ2) is 6.44. The molecule has 0 aliphatic heterocycles. The molecular weight excluding hydrogens is 318 g/mol. The number of benzene rings is 2. The zero-order valence-corrected chi connectivity index (χ0v) is 12.9. The normalized spacial score (nSPS) is 9.90. The van der Waals surface area contributed by atoms with E-state index in [4.69, 9.17) is 14.7 Å². The highest BCUT2D eigenvalue weighted by Gasteiger charge is 2.10. The van der Waals surface area contributed by atoms with Crippen LogP contribution in [0.5, 0.6) is 17.2 Å². The van der Waals surface area contributed by atoms with E-state index in [1.165, 1.54) is 5.56 Å². The van der Waals surface area contributed by atoms with Crippen LogP contribution in [-0.2, 0) is 5.33 Å². The highest BCUT2D eigenvalue weighted by molar-refractivity contribution is 9.08. The Morgan fingerprint density at radius 2 is 1.85 bits per heavy atom. The molecule has 0 N–H and O–H groups in total. The number of halogens is 1. The number of aryl methyl sites for hydroxylation is 1. The van der Waals surface area contributed by atoms with Gasteiger partial charge in [0.2, 0.25) is 0 Å². The molecule has 3 nitrogen and oxygen atoms in total. The molecule has 0 aliphatic carbocycles. The Hall–Kier alpha value is -1.99. The Morgan fingerprint density at radius 3 is 2.50 bits per heavy atom. The third-order valence-electron chi connectivity index (χ3n) is 2.87. The fourth-order valence-corrected chi connectivity index (χ4v) is 2.29. The van der Waals surface area contributed by atoms with Crippen LogP contribution in [0.2, 0.25) is 0 Å². The summed E-state index contributed by atoms with van der Waals surface area (Å²) in [7, 11) is 1.56. The smallest absolute Gasteiger partial charge is 0.169 e. The molecule has 0 amide bonds. The zero-order valence-electron chi connectivity index (χ0n) is 11.3. The van der Waals surface area contributed by atoms with Crippen molar-refractivity contribution in [1.82, 2.24) is 0 Å². The van der Waals surface area contributed by atoms with Crippen LogP contribution in [0.3, 0.4) is 0 Å². The third-order valence-corrected chi connectivity index (χ3v) is 3.48. The Kier molecular flexibility index (Phi) is 4.65. The maximum Gasteiger partial charge on any atom is 0.169 e. The number of nitriles is 1. The molecule has 4 heteroatoms. The minimum atomic E-state index is 0.541. The second-order valence-corrected chi connectivity index (χ2v) is 4.89. The molecule has 0 radical (unpaired) electrons. The van der Waals surface area contributed by atoms with Crippen molar-refractivity contribution < 1.29 is 9.47 Å². The van der Waals surface area contributed by atoms with E-state index in [1.54, 1.807) is 25.3 Å². The van der Waals surface area contributed by atoms with Gasteiger partial charge >= 0.3 is 0 Å². The molecule has 102 valence electrons. The topological polar surface area (TPSA) is 42.2 Å². The van der Waals surface area contributed by atoms with E-state index in [2.05, 4.69) is 28.1 Å². The van der Waals surface area contributed by atoms with Crippen LogP contribution < -0.4 is 9.47 Å². The molecule has 2 aromatic rings. The molecule has 0 heterocycles. The molecule has 0 unspecified atom stereocenters. The van der Waals surface area contributed by atoms with Gasteiger partial charge in [0, 0.05) is 17.0 Å². The fraction of sp³-hybridized carbons (Fsp3) is 0.188. The Labute approximate surface area is 126 Å². The van der Waals surface area contributed by atoms with Gasteiger partial charge in [-0.2, -0.15) is 5.26 Å². The van der Waals surface area contributed by atoms with Crippen LogP contribution in [0.25, 0.3) is 0 Å². The number of ether oxygens (including phenoxy) is 2. The molecule has 0 spiro atoms. The number of methoxy groups -OCH3 is 1. The van der Waals surface area contributed by atoms with E-state index >= 15 is 0 Å². The van der Waals surface area contributed by atoms with Gasteiger partial charge in [-0.25, -0.2) is 0 Å². The van der Waals surface area contributed by atoms with E-state index in [9.17, 15) is 0 Å². The number of hydrogen-bond acceptors (Lipinski definition) is 3. The fourth-order valence-electron chi connectivity index (χ4n) is 1.85. The van der Waals surface area contributed by atoms with Gasteiger partial charge in [0.25, 0.3) is 0 Å². The largest absolute Gasteiger partial charge is 0.493 e. The van der Waals surface area contributed by atoms with Gasteiger partial charge in [0.1, 0.15) is 5.75 Å². The summed E-state index contributed by atoms with van der Waals surface area (Å²) in [5, 5.41) is 9.61. The van der Waals surface area contributed by atoms with Gasteiger partial charge in [-0.1, -0.05) is 33.6 Å². The third kappa shape index (κ3) is 3.12. The van der Waals surface area contributed by atoms with Crippen LogP contribution in [0.15, 0.2) is 36.4 Å². The lowest BCUT2D eigenvalue weighted by atomic mass is 10.1. The van der Waals surface area contributed by atoms with E-state index in [-0.39, 0.29) is 0 Å². The maximum atomic E-state index is 8.90. The van der Waals surface area contributed by atoms with Crippen molar-refractivity contribution in [3.8, 4) is 23.3 Å². The lowest BCUT2D eigenvalue weighted by Gasteiger charge is -2.13. The van der Waals surface area contributed by atoms with Gasteiger partial charge in [-0.3, -0.25) is 0 Å². The Balaban J connectivity index is 2.37. The molecule has 0 saturated heterocycles. The van der Waals surface area contributed by atoms with E-state index < -0.39 is 0 Å². The monoisotopic (exact) mass is 331 g/mol. The average Bonchev–Trinajstić information content (AvgIpc) is 2.49. The zero-order chi connectivity index (χ0) is 14.5. The van der Waals surface area contributed by atoms with Crippen molar-refractivity contribution in [2.75, 3.05) is 7.11 Å². The summed E-state index contributed by atoms with van der Waals surface area (Å²) in [5.74, 6) is 1.91. The summed E-state index contributed by atoms with van der Waals surface area (Å²) in [6.07, 6.45) is 0. The summed E-state index contributed by atoms with van der Waals surface area (Å²) in [6, 6.07) is 13.2. The summed E-state index contributed by atoms with van der Waals surface area (Å²) in [4.78, 5) is 0. The molecule has 2 rings (SSSR count). The van der Waals surface area contributed by atoms with E-state index in [1.807, 2.05) is 19.1 Å². The Morgan fingerprint density at radius 1 is 1.10 bits per heavy atom. The first kappa shape index (κ1) is 14.4. The van der Waals surface area contributed by atoms with Crippen LogP contribution in [-0.4, -0.2) is 7.11 Å². The van der Waals surface area contributed by atoms with Crippen molar-refractivity contribution in [3.63, 3.8) is 0 Å². The van der Waals surface area contributed by atoms with Crippen LogP contribution in [0, 0.1) is 18.3 Å².